The van der Waals surface area contributed by atoms with Gasteiger partial charge in [-0.05, 0) is 49.2 Å². The van der Waals surface area contributed by atoms with Crippen LogP contribution in [-0.2, 0) is 16.0 Å². The first kappa shape index (κ1) is 23.7. The number of ether oxygens (including phenoxy) is 3. The Morgan fingerprint density at radius 2 is 1.74 bits per heavy atom. The number of aryl methyl sites for hydroxylation is 1. The summed E-state index contributed by atoms with van der Waals surface area (Å²) in [6.45, 7) is 4.33. The first-order valence-electron chi connectivity index (χ1n) is 10.1. The Morgan fingerprint density at radius 3 is 2.45 bits per heavy atom. The Labute approximate surface area is 181 Å². The highest BCUT2D eigenvalue weighted by atomic mass is 16.5. The molecule has 8 nitrogen and oxygen atoms in total. The molecule has 0 aliphatic carbocycles. The third-order valence-electron chi connectivity index (χ3n) is 4.26. The topological polar surface area (TPSA) is 103 Å². The number of nitrogens with one attached hydrogen (secondary N) is 2. The molecular weight excluding hydrogens is 400 g/mol. The number of benzene rings is 2. The van der Waals surface area contributed by atoms with Crippen LogP contribution in [0.15, 0.2) is 42.5 Å². The molecule has 0 atom stereocenters. The van der Waals surface area contributed by atoms with Gasteiger partial charge in [-0.3, -0.25) is 14.4 Å². The number of methoxy groups -OCH3 is 1. The molecule has 2 aromatic rings. The van der Waals surface area contributed by atoms with E-state index in [1.165, 1.54) is 13.0 Å². The molecule has 0 heterocycles. The van der Waals surface area contributed by atoms with Gasteiger partial charge in [0.2, 0.25) is 5.91 Å². The minimum atomic E-state index is -0.455. The van der Waals surface area contributed by atoms with Gasteiger partial charge < -0.3 is 24.8 Å². The molecule has 31 heavy (non-hydrogen) atoms. The Hall–Kier alpha value is -3.55. The van der Waals surface area contributed by atoms with E-state index in [2.05, 4.69) is 10.6 Å². The highest BCUT2D eigenvalue weighted by Gasteiger charge is 2.09. The van der Waals surface area contributed by atoms with Crippen LogP contribution >= 0.6 is 0 Å². The SMILES string of the molecule is CCOc1ccc(CCC(=O)NCCNC(=O)c2cccc(OC(C)=O)c2)cc1OC. The van der Waals surface area contributed by atoms with Crippen molar-refractivity contribution >= 4 is 17.8 Å². The molecule has 2 amide bonds. The third kappa shape index (κ3) is 8.00. The number of amides is 2. The van der Waals surface area contributed by atoms with Gasteiger partial charge in [-0.15, -0.1) is 0 Å². The van der Waals surface area contributed by atoms with Crippen molar-refractivity contribution in [2.75, 3.05) is 26.8 Å². The number of rotatable bonds is 11. The lowest BCUT2D eigenvalue weighted by Gasteiger charge is -2.11. The molecule has 2 N–H and O–H groups in total. The Morgan fingerprint density at radius 1 is 0.968 bits per heavy atom. The molecule has 0 aliphatic rings. The Bertz CT molecular complexity index is 913. The van der Waals surface area contributed by atoms with Crippen molar-refractivity contribution < 1.29 is 28.6 Å². The lowest BCUT2D eigenvalue weighted by Crippen LogP contribution is -2.34. The van der Waals surface area contributed by atoms with Crippen molar-refractivity contribution in [1.82, 2.24) is 10.6 Å². The van der Waals surface area contributed by atoms with Crippen molar-refractivity contribution in [3.05, 3.63) is 53.6 Å². The van der Waals surface area contributed by atoms with Crippen LogP contribution in [0, 0.1) is 0 Å². The van der Waals surface area contributed by atoms with Crippen molar-refractivity contribution in [2.24, 2.45) is 0 Å². The molecule has 0 spiro atoms. The van der Waals surface area contributed by atoms with Crippen molar-refractivity contribution in [1.29, 1.82) is 0 Å². The van der Waals surface area contributed by atoms with Crippen LogP contribution in [-0.4, -0.2) is 44.6 Å². The van der Waals surface area contributed by atoms with E-state index >= 15 is 0 Å². The average molecular weight is 428 g/mol. The van der Waals surface area contributed by atoms with E-state index < -0.39 is 5.97 Å². The number of carbonyl (C=O) groups is 3. The maximum Gasteiger partial charge on any atom is 0.308 e. The van der Waals surface area contributed by atoms with E-state index in [9.17, 15) is 14.4 Å². The van der Waals surface area contributed by atoms with Crippen LogP contribution in [0.4, 0.5) is 0 Å². The maximum absolute atomic E-state index is 12.2. The zero-order valence-corrected chi connectivity index (χ0v) is 18.0. The number of carbonyl (C=O) groups excluding carboxylic acids is 3. The molecule has 2 aromatic carbocycles. The van der Waals surface area contributed by atoms with Crippen molar-refractivity contribution in [3.8, 4) is 17.2 Å². The zero-order chi connectivity index (χ0) is 22.6. The summed E-state index contributed by atoms with van der Waals surface area (Å²) >= 11 is 0. The number of hydrogen-bond donors (Lipinski definition) is 2. The molecule has 0 fully saturated rings. The third-order valence-corrected chi connectivity index (χ3v) is 4.26. The minimum absolute atomic E-state index is 0.112. The van der Waals surface area contributed by atoms with Crippen molar-refractivity contribution in [2.45, 2.75) is 26.7 Å². The zero-order valence-electron chi connectivity index (χ0n) is 18.0. The van der Waals surface area contributed by atoms with Crippen LogP contribution < -0.4 is 24.8 Å². The molecule has 0 saturated heterocycles. The first-order chi connectivity index (χ1) is 14.9. The summed E-state index contributed by atoms with van der Waals surface area (Å²) in [5.74, 6) is 0.736. The van der Waals surface area contributed by atoms with Gasteiger partial charge in [-0.1, -0.05) is 12.1 Å². The fourth-order valence-electron chi connectivity index (χ4n) is 2.84. The van der Waals surface area contributed by atoms with Gasteiger partial charge in [0.1, 0.15) is 5.75 Å². The van der Waals surface area contributed by atoms with Crippen LogP contribution in [0.1, 0.15) is 36.2 Å². The molecule has 166 valence electrons. The monoisotopic (exact) mass is 428 g/mol. The van der Waals surface area contributed by atoms with Crippen LogP contribution in [0.3, 0.4) is 0 Å². The van der Waals surface area contributed by atoms with E-state index in [1.54, 1.807) is 25.3 Å². The summed E-state index contributed by atoms with van der Waals surface area (Å²) in [5.41, 5.74) is 1.34. The van der Waals surface area contributed by atoms with Gasteiger partial charge in [0.25, 0.3) is 5.91 Å². The first-order valence-corrected chi connectivity index (χ1v) is 10.1. The fourth-order valence-corrected chi connectivity index (χ4v) is 2.84. The maximum atomic E-state index is 12.2. The smallest absolute Gasteiger partial charge is 0.308 e. The minimum Gasteiger partial charge on any atom is -0.493 e. The molecular formula is C23H28N2O6. The quantitative estimate of drug-likeness (QED) is 0.324. The summed E-state index contributed by atoms with van der Waals surface area (Å²) in [7, 11) is 1.58. The molecule has 8 heteroatoms. The Balaban J connectivity index is 1.72. The van der Waals surface area contributed by atoms with E-state index in [0.29, 0.717) is 48.8 Å². The number of hydrogen-bond acceptors (Lipinski definition) is 6. The highest BCUT2D eigenvalue weighted by Crippen LogP contribution is 2.28. The highest BCUT2D eigenvalue weighted by molar-refractivity contribution is 5.94. The predicted molar refractivity (Wildman–Crippen MR) is 116 cm³/mol. The molecule has 0 bridgehead atoms. The average Bonchev–Trinajstić information content (AvgIpc) is 2.75. The summed E-state index contributed by atoms with van der Waals surface area (Å²) in [6, 6.07) is 11.9. The standard InChI is InChI=1S/C23H28N2O6/c1-4-30-20-10-8-17(14-21(20)29-3)9-11-22(27)24-12-13-25-23(28)18-6-5-7-19(15-18)31-16(2)26/h5-8,10,14-15H,4,9,11-13H2,1-3H3,(H,24,27)(H,25,28). The molecule has 0 aliphatic heterocycles. The van der Waals surface area contributed by atoms with Gasteiger partial charge in [0.05, 0.1) is 13.7 Å². The Kier molecular flexibility index (Phi) is 9.35. The van der Waals surface area contributed by atoms with Gasteiger partial charge in [-0.25, -0.2) is 0 Å². The molecule has 0 saturated carbocycles. The largest absolute Gasteiger partial charge is 0.493 e. The summed E-state index contributed by atoms with van der Waals surface area (Å²) < 4.78 is 15.8. The molecule has 2 rings (SSSR count). The van der Waals surface area contributed by atoms with Crippen LogP contribution in [0.5, 0.6) is 17.2 Å². The van der Waals surface area contributed by atoms with Crippen LogP contribution in [0.2, 0.25) is 0 Å². The molecule has 0 aromatic heterocycles. The van der Waals surface area contributed by atoms with E-state index in [4.69, 9.17) is 14.2 Å². The van der Waals surface area contributed by atoms with Gasteiger partial charge in [0, 0.05) is 32.0 Å². The summed E-state index contributed by atoms with van der Waals surface area (Å²) in [4.78, 5) is 35.3. The second-order valence-corrected chi connectivity index (χ2v) is 6.65. The molecule has 0 radical (unpaired) electrons. The lowest BCUT2D eigenvalue weighted by atomic mass is 10.1. The van der Waals surface area contributed by atoms with E-state index in [-0.39, 0.29) is 18.4 Å². The summed E-state index contributed by atoms with van der Waals surface area (Å²) in [6.07, 6.45) is 0.874. The fraction of sp³-hybridized carbons (Fsp3) is 0.348. The molecule has 0 unspecified atom stereocenters. The second kappa shape index (κ2) is 12.2. The van der Waals surface area contributed by atoms with Crippen molar-refractivity contribution in [3.63, 3.8) is 0 Å². The van der Waals surface area contributed by atoms with E-state index in [0.717, 1.165) is 5.56 Å². The number of esters is 1. The predicted octanol–water partition coefficient (Wildman–Crippen LogP) is 2.50. The summed E-state index contributed by atoms with van der Waals surface area (Å²) in [5, 5.41) is 5.50. The lowest BCUT2D eigenvalue weighted by molar-refractivity contribution is -0.131. The normalized spacial score (nSPS) is 10.2. The van der Waals surface area contributed by atoms with Gasteiger partial charge >= 0.3 is 5.97 Å². The second-order valence-electron chi connectivity index (χ2n) is 6.65. The van der Waals surface area contributed by atoms with Gasteiger partial charge in [0.15, 0.2) is 11.5 Å². The van der Waals surface area contributed by atoms with E-state index in [1.807, 2.05) is 25.1 Å². The van der Waals surface area contributed by atoms with Crippen LogP contribution in [0.25, 0.3) is 0 Å². The van der Waals surface area contributed by atoms with Gasteiger partial charge in [-0.2, -0.15) is 0 Å².